The lowest BCUT2D eigenvalue weighted by Crippen LogP contribution is -2.45. The van der Waals surface area contributed by atoms with Crippen LogP contribution in [0.5, 0.6) is 0 Å². The fourth-order valence-corrected chi connectivity index (χ4v) is 3.13. The smallest absolute Gasteiger partial charge is 0.223 e. The Hall–Kier alpha value is -0.610. The van der Waals surface area contributed by atoms with Gasteiger partial charge in [-0.15, -0.1) is 0 Å². The Balaban J connectivity index is 1.46. The molecule has 0 aromatic heterocycles. The Morgan fingerprint density at radius 3 is 2.33 bits per heavy atom. The highest BCUT2D eigenvalue weighted by Gasteiger charge is 2.41. The van der Waals surface area contributed by atoms with Gasteiger partial charge in [0.25, 0.3) is 0 Å². The topological polar surface area (TPSA) is 47.6 Å². The molecule has 3 aliphatic rings. The predicted molar refractivity (Wildman–Crippen MR) is 66.9 cm³/mol. The predicted octanol–water partition coefficient (Wildman–Crippen LogP) is 1.83. The summed E-state index contributed by atoms with van der Waals surface area (Å²) in [5, 5.41) is 3.20. The molecule has 18 heavy (non-hydrogen) atoms. The van der Waals surface area contributed by atoms with Gasteiger partial charge in [-0.3, -0.25) is 4.79 Å². The van der Waals surface area contributed by atoms with Gasteiger partial charge in [0, 0.05) is 24.8 Å². The average molecular weight is 253 g/mol. The summed E-state index contributed by atoms with van der Waals surface area (Å²) in [5.74, 6) is 0.761. The van der Waals surface area contributed by atoms with Gasteiger partial charge in [0.1, 0.15) is 0 Å². The van der Waals surface area contributed by atoms with Gasteiger partial charge in [0.05, 0.1) is 13.2 Å². The van der Waals surface area contributed by atoms with E-state index in [1.54, 1.807) is 0 Å². The van der Waals surface area contributed by atoms with Gasteiger partial charge < -0.3 is 14.8 Å². The molecule has 1 aliphatic heterocycles. The van der Waals surface area contributed by atoms with E-state index in [0.29, 0.717) is 12.0 Å². The molecule has 1 heterocycles. The number of hydrogen-bond acceptors (Lipinski definition) is 3. The molecular formula is C14H23NO3. The van der Waals surface area contributed by atoms with E-state index in [1.807, 2.05) is 0 Å². The van der Waals surface area contributed by atoms with Crippen molar-refractivity contribution in [1.29, 1.82) is 0 Å². The lowest BCUT2D eigenvalue weighted by molar-refractivity contribution is -0.180. The molecule has 0 bridgehead atoms. The van der Waals surface area contributed by atoms with Crippen molar-refractivity contribution in [3.63, 3.8) is 0 Å². The Morgan fingerprint density at radius 2 is 1.78 bits per heavy atom. The molecule has 4 heteroatoms. The van der Waals surface area contributed by atoms with Gasteiger partial charge >= 0.3 is 0 Å². The molecule has 3 fully saturated rings. The van der Waals surface area contributed by atoms with E-state index in [-0.39, 0.29) is 17.6 Å². The first-order chi connectivity index (χ1) is 8.69. The monoisotopic (exact) mass is 253 g/mol. The lowest BCUT2D eigenvalue weighted by Gasteiger charge is -2.35. The van der Waals surface area contributed by atoms with E-state index in [2.05, 4.69) is 12.2 Å². The van der Waals surface area contributed by atoms with Crippen LogP contribution < -0.4 is 5.32 Å². The zero-order chi connectivity index (χ0) is 12.6. The molecule has 1 amide bonds. The van der Waals surface area contributed by atoms with E-state index in [9.17, 15) is 4.79 Å². The molecule has 1 unspecified atom stereocenters. The summed E-state index contributed by atoms with van der Waals surface area (Å²) >= 11 is 0. The van der Waals surface area contributed by atoms with Crippen molar-refractivity contribution < 1.29 is 14.3 Å². The molecule has 102 valence electrons. The van der Waals surface area contributed by atoms with Gasteiger partial charge in [0.2, 0.25) is 5.91 Å². The largest absolute Gasteiger partial charge is 0.353 e. The molecule has 0 aromatic carbocycles. The molecule has 1 N–H and O–H groups in total. The van der Waals surface area contributed by atoms with Crippen molar-refractivity contribution >= 4 is 5.91 Å². The second-order valence-corrected chi connectivity index (χ2v) is 6.02. The van der Waals surface area contributed by atoms with Crippen molar-refractivity contribution in [2.75, 3.05) is 13.2 Å². The highest BCUT2D eigenvalue weighted by molar-refractivity contribution is 5.79. The highest BCUT2D eigenvalue weighted by atomic mass is 16.7. The fourth-order valence-electron chi connectivity index (χ4n) is 3.13. The molecule has 3 rings (SSSR count). The highest BCUT2D eigenvalue weighted by Crippen LogP contribution is 2.38. The van der Waals surface area contributed by atoms with E-state index in [4.69, 9.17) is 9.47 Å². The second-order valence-electron chi connectivity index (χ2n) is 6.02. The molecular weight excluding hydrogens is 230 g/mol. The quantitative estimate of drug-likeness (QED) is 0.834. The maximum atomic E-state index is 12.0. The number of nitrogens with one attached hydrogen (secondary N) is 1. The number of amides is 1. The second kappa shape index (κ2) is 4.82. The molecule has 1 atom stereocenters. The third-order valence-corrected chi connectivity index (χ3v) is 4.65. The fraction of sp³-hybridized carbons (Fsp3) is 0.929. The van der Waals surface area contributed by atoms with Gasteiger partial charge in [-0.25, -0.2) is 0 Å². The molecule has 4 nitrogen and oxygen atoms in total. The number of carbonyl (C=O) groups excluding carboxylic acids is 1. The molecule has 0 radical (unpaired) electrons. The van der Waals surface area contributed by atoms with Crippen molar-refractivity contribution in [2.45, 2.75) is 57.3 Å². The van der Waals surface area contributed by atoms with E-state index in [1.165, 1.54) is 12.8 Å². The van der Waals surface area contributed by atoms with Crippen LogP contribution in [0, 0.1) is 11.8 Å². The summed E-state index contributed by atoms with van der Waals surface area (Å²) in [6.45, 7) is 3.49. The van der Waals surface area contributed by atoms with Crippen LogP contribution in [-0.4, -0.2) is 30.9 Å². The summed E-state index contributed by atoms with van der Waals surface area (Å²) in [4.78, 5) is 12.0. The van der Waals surface area contributed by atoms with Crippen LogP contribution in [0.4, 0.5) is 0 Å². The zero-order valence-corrected chi connectivity index (χ0v) is 11.1. The maximum absolute atomic E-state index is 12.0. The van der Waals surface area contributed by atoms with Crippen molar-refractivity contribution in [2.24, 2.45) is 11.8 Å². The van der Waals surface area contributed by atoms with Gasteiger partial charge in [-0.05, 0) is 31.6 Å². The number of hydrogen-bond donors (Lipinski definition) is 1. The first kappa shape index (κ1) is 12.4. The molecule has 2 aliphatic carbocycles. The standard InChI is InChI=1S/C14H23NO3/c1-10(11-2-3-11)13(16)15-12-4-6-14(7-5-12)17-8-9-18-14/h10-12H,2-9H2,1H3,(H,15,16). The van der Waals surface area contributed by atoms with Gasteiger partial charge in [-0.2, -0.15) is 0 Å². The maximum Gasteiger partial charge on any atom is 0.223 e. The van der Waals surface area contributed by atoms with E-state index >= 15 is 0 Å². The summed E-state index contributed by atoms with van der Waals surface area (Å²) in [7, 11) is 0. The molecule has 1 spiro atoms. The van der Waals surface area contributed by atoms with Crippen LogP contribution in [0.2, 0.25) is 0 Å². The Morgan fingerprint density at radius 1 is 1.17 bits per heavy atom. The Labute approximate surface area is 108 Å². The minimum Gasteiger partial charge on any atom is -0.353 e. The van der Waals surface area contributed by atoms with Crippen LogP contribution in [0.25, 0.3) is 0 Å². The van der Waals surface area contributed by atoms with Crippen molar-refractivity contribution in [1.82, 2.24) is 5.32 Å². The normalized spacial score (nSPS) is 29.4. The summed E-state index contributed by atoms with van der Waals surface area (Å²) in [6, 6.07) is 0.317. The molecule has 0 aromatic rings. The van der Waals surface area contributed by atoms with Gasteiger partial charge in [0.15, 0.2) is 5.79 Å². The molecule has 2 saturated carbocycles. The number of rotatable bonds is 3. The summed E-state index contributed by atoms with van der Waals surface area (Å²) in [6.07, 6.45) is 6.23. The van der Waals surface area contributed by atoms with E-state index in [0.717, 1.165) is 38.9 Å². The van der Waals surface area contributed by atoms with Crippen LogP contribution >= 0.6 is 0 Å². The average Bonchev–Trinajstić information content (AvgIpc) is 3.14. The SMILES string of the molecule is CC(C(=O)NC1CCC2(CC1)OCCO2)C1CC1. The number of carbonyl (C=O) groups is 1. The van der Waals surface area contributed by atoms with Crippen molar-refractivity contribution in [3.8, 4) is 0 Å². The lowest BCUT2D eigenvalue weighted by atomic mass is 9.89. The molecule has 1 saturated heterocycles. The minimum absolute atomic E-state index is 0.194. The first-order valence-corrected chi connectivity index (χ1v) is 7.27. The zero-order valence-electron chi connectivity index (χ0n) is 11.1. The first-order valence-electron chi connectivity index (χ1n) is 7.27. The van der Waals surface area contributed by atoms with Crippen LogP contribution in [0.1, 0.15) is 45.4 Å². The van der Waals surface area contributed by atoms with Crippen LogP contribution in [0.3, 0.4) is 0 Å². The summed E-state index contributed by atoms with van der Waals surface area (Å²) < 4.78 is 11.4. The Bertz CT molecular complexity index is 311. The minimum atomic E-state index is -0.316. The van der Waals surface area contributed by atoms with Gasteiger partial charge in [-0.1, -0.05) is 6.92 Å². The van der Waals surface area contributed by atoms with Crippen LogP contribution in [0.15, 0.2) is 0 Å². The number of ether oxygens (including phenoxy) is 2. The third-order valence-electron chi connectivity index (χ3n) is 4.65. The summed E-state index contributed by atoms with van der Waals surface area (Å²) in [5.41, 5.74) is 0. The van der Waals surface area contributed by atoms with Crippen LogP contribution in [-0.2, 0) is 14.3 Å². The third kappa shape index (κ3) is 2.54. The Kier molecular flexibility index (Phi) is 3.32. The van der Waals surface area contributed by atoms with E-state index < -0.39 is 0 Å². The van der Waals surface area contributed by atoms with Crippen molar-refractivity contribution in [3.05, 3.63) is 0 Å².